The number of nitrogen functional groups attached to an aromatic ring is 1. The first-order valence-electron chi connectivity index (χ1n) is 6.84. The van der Waals surface area contributed by atoms with Crippen LogP contribution in [0.1, 0.15) is 38.7 Å². The molecule has 1 aliphatic rings. The van der Waals surface area contributed by atoms with Crippen LogP contribution >= 0.6 is 15.9 Å². The van der Waals surface area contributed by atoms with Crippen LogP contribution in [-0.4, -0.2) is 17.5 Å². The summed E-state index contributed by atoms with van der Waals surface area (Å²) in [6.07, 6.45) is 4.01. The van der Waals surface area contributed by atoms with Crippen molar-refractivity contribution >= 4 is 21.6 Å². The SMILES string of the molecule is CC(C)CCN(Cc1ccc(Br)c(N)c1)C1CC1. The van der Waals surface area contributed by atoms with E-state index >= 15 is 0 Å². The molecule has 100 valence electrons. The number of hydrogen-bond acceptors (Lipinski definition) is 2. The molecule has 1 saturated carbocycles. The van der Waals surface area contributed by atoms with Gasteiger partial charge in [-0.05, 0) is 65.4 Å². The molecule has 0 atom stereocenters. The van der Waals surface area contributed by atoms with Crippen LogP contribution in [0.4, 0.5) is 5.69 Å². The largest absolute Gasteiger partial charge is 0.398 e. The van der Waals surface area contributed by atoms with E-state index in [4.69, 9.17) is 5.73 Å². The van der Waals surface area contributed by atoms with Gasteiger partial charge in [0.15, 0.2) is 0 Å². The normalized spacial score (nSPS) is 15.6. The van der Waals surface area contributed by atoms with Crippen molar-refractivity contribution in [1.29, 1.82) is 0 Å². The van der Waals surface area contributed by atoms with Gasteiger partial charge in [0.2, 0.25) is 0 Å². The van der Waals surface area contributed by atoms with Crippen LogP contribution in [0.3, 0.4) is 0 Å². The van der Waals surface area contributed by atoms with E-state index in [1.54, 1.807) is 0 Å². The summed E-state index contributed by atoms with van der Waals surface area (Å²) < 4.78 is 0.992. The van der Waals surface area contributed by atoms with E-state index in [1.165, 1.54) is 31.4 Å². The molecule has 2 nitrogen and oxygen atoms in total. The number of hydrogen-bond donors (Lipinski definition) is 1. The van der Waals surface area contributed by atoms with Gasteiger partial charge in [-0.2, -0.15) is 0 Å². The van der Waals surface area contributed by atoms with Crippen molar-refractivity contribution in [2.24, 2.45) is 5.92 Å². The van der Waals surface area contributed by atoms with E-state index in [-0.39, 0.29) is 0 Å². The maximum absolute atomic E-state index is 5.94. The third-order valence-electron chi connectivity index (χ3n) is 3.50. The molecule has 2 rings (SSSR count). The monoisotopic (exact) mass is 310 g/mol. The van der Waals surface area contributed by atoms with Gasteiger partial charge in [0.05, 0.1) is 0 Å². The highest BCUT2D eigenvalue weighted by Gasteiger charge is 2.28. The van der Waals surface area contributed by atoms with Crippen LogP contribution in [0.25, 0.3) is 0 Å². The molecule has 1 aromatic rings. The molecule has 0 radical (unpaired) electrons. The van der Waals surface area contributed by atoms with E-state index in [0.29, 0.717) is 0 Å². The summed E-state index contributed by atoms with van der Waals surface area (Å²) in [5.41, 5.74) is 8.11. The maximum atomic E-state index is 5.94. The van der Waals surface area contributed by atoms with Gasteiger partial charge >= 0.3 is 0 Å². The van der Waals surface area contributed by atoms with E-state index in [1.807, 2.05) is 0 Å². The standard InChI is InChI=1S/C15H23BrN2/c1-11(2)7-8-18(13-4-5-13)10-12-3-6-14(16)15(17)9-12/h3,6,9,11,13H,4-5,7-8,10,17H2,1-2H3. The van der Waals surface area contributed by atoms with Gasteiger partial charge in [-0.1, -0.05) is 19.9 Å². The van der Waals surface area contributed by atoms with Crippen molar-refractivity contribution in [3.8, 4) is 0 Å². The molecule has 1 aromatic carbocycles. The highest BCUT2D eigenvalue weighted by Crippen LogP contribution is 2.30. The molecule has 2 N–H and O–H groups in total. The van der Waals surface area contributed by atoms with Crippen molar-refractivity contribution in [3.05, 3.63) is 28.2 Å². The molecular formula is C15H23BrN2. The molecule has 18 heavy (non-hydrogen) atoms. The summed E-state index contributed by atoms with van der Waals surface area (Å²) in [7, 11) is 0. The average molecular weight is 311 g/mol. The lowest BCUT2D eigenvalue weighted by atomic mass is 10.1. The number of nitrogens with two attached hydrogens (primary N) is 1. The lowest BCUT2D eigenvalue weighted by Crippen LogP contribution is -2.27. The summed E-state index contributed by atoms with van der Waals surface area (Å²) in [5.74, 6) is 0.779. The van der Waals surface area contributed by atoms with Crippen molar-refractivity contribution in [1.82, 2.24) is 4.90 Å². The zero-order chi connectivity index (χ0) is 13.1. The molecule has 1 aliphatic carbocycles. The summed E-state index contributed by atoms with van der Waals surface area (Å²) >= 11 is 3.45. The minimum absolute atomic E-state index is 0.779. The zero-order valence-corrected chi connectivity index (χ0v) is 12.9. The van der Waals surface area contributed by atoms with Crippen LogP contribution in [0.5, 0.6) is 0 Å². The van der Waals surface area contributed by atoms with Gasteiger partial charge < -0.3 is 5.73 Å². The second kappa shape index (κ2) is 6.07. The van der Waals surface area contributed by atoms with E-state index in [9.17, 15) is 0 Å². The van der Waals surface area contributed by atoms with Crippen molar-refractivity contribution in [2.75, 3.05) is 12.3 Å². The smallest absolute Gasteiger partial charge is 0.0461 e. The number of halogens is 1. The minimum atomic E-state index is 0.779. The Labute approximate surface area is 119 Å². The highest BCUT2D eigenvalue weighted by molar-refractivity contribution is 9.10. The van der Waals surface area contributed by atoms with Gasteiger partial charge in [-0.15, -0.1) is 0 Å². The van der Waals surface area contributed by atoms with E-state index < -0.39 is 0 Å². The van der Waals surface area contributed by atoms with Crippen LogP contribution in [0.15, 0.2) is 22.7 Å². The second-order valence-electron chi connectivity index (χ2n) is 5.74. The topological polar surface area (TPSA) is 29.3 Å². The fraction of sp³-hybridized carbons (Fsp3) is 0.600. The maximum Gasteiger partial charge on any atom is 0.0461 e. The molecule has 0 amide bonds. The van der Waals surface area contributed by atoms with Crippen LogP contribution in [0, 0.1) is 5.92 Å². The third kappa shape index (κ3) is 3.99. The Balaban J connectivity index is 1.97. The number of benzene rings is 1. The number of nitrogens with zero attached hydrogens (tertiary/aromatic N) is 1. The first kappa shape index (κ1) is 13.9. The highest BCUT2D eigenvalue weighted by atomic mass is 79.9. The zero-order valence-electron chi connectivity index (χ0n) is 11.3. The van der Waals surface area contributed by atoms with Crippen LogP contribution in [-0.2, 0) is 6.54 Å². The molecule has 0 bridgehead atoms. The van der Waals surface area contributed by atoms with Gasteiger partial charge in [0.25, 0.3) is 0 Å². The number of rotatable bonds is 6. The molecule has 0 aliphatic heterocycles. The molecule has 3 heteroatoms. The van der Waals surface area contributed by atoms with Gasteiger partial charge in [0, 0.05) is 22.7 Å². The van der Waals surface area contributed by atoms with E-state index in [0.717, 1.165) is 28.7 Å². The van der Waals surface area contributed by atoms with Crippen LogP contribution < -0.4 is 5.73 Å². The minimum Gasteiger partial charge on any atom is -0.398 e. The van der Waals surface area contributed by atoms with Gasteiger partial charge in [-0.3, -0.25) is 4.90 Å². The molecule has 0 aromatic heterocycles. The summed E-state index contributed by atoms with van der Waals surface area (Å²) in [6.45, 7) is 6.83. The summed E-state index contributed by atoms with van der Waals surface area (Å²) in [5, 5.41) is 0. The predicted octanol–water partition coefficient (Wildman–Crippen LogP) is 4.04. The Morgan fingerprint density at radius 1 is 1.39 bits per heavy atom. The Morgan fingerprint density at radius 2 is 2.11 bits per heavy atom. The lowest BCUT2D eigenvalue weighted by molar-refractivity contribution is 0.239. The third-order valence-corrected chi connectivity index (χ3v) is 4.23. The summed E-state index contributed by atoms with van der Waals surface area (Å²) in [4.78, 5) is 2.61. The Bertz CT molecular complexity index is 399. The van der Waals surface area contributed by atoms with Crippen LogP contribution in [0.2, 0.25) is 0 Å². The van der Waals surface area contributed by atoms with Crippen molar-refractivity contribution in [2.45, 2.75) is 45.7 Å². The Morgan fingerprint density at radius 3 is 2.67 bits per heavy atom. The molecule has 0 spiro atoms. The van der Waals surface area contributed by atoms with E-state index in [2.05, 4.69) is 52.9 Å². The van der Waals surface area contributed by atoms with Crippen molar-refractivity contribution in [3.63, 3.8) is 0 Å². The molecule has 0 saturated heterocycles. The first-order chi connectivity index (χ1) is 8.56. The first-order valence-corrected chi connectivity index (χ1v) is 7.63. The Hall–Kier alpha value is -0.540. The van der Waals surface area contributed by atoms with Crippen molar-refractivity contribution < 1.29 is 0 Å². The average Bonchev–Trinajstić information content (AvgIpc) is 3.13. The quantitative estimate of drug-likeness (QED) is 0.803. The van der Waals surface area contributed by atoms with Gasteiger partial charge in [0.1, 0.15) is 0 Å². The lowest BCUT2D eigenvalue weighted by Gasteiger charge is -2.23. The molecule has 0 heterocycles. The molecule has 1 fully saturated rings. The molecule has 0 unspecified atom stereocenters. The fourth-order valence-electron chi connectivity index (χ4n) is 2.18. The molecular weight excluding hydrogens is 288 g/mol. The summed E-state index contributed by atoms with van der Waals surface area (Å²) in [6, 6.07) is 7.13. The number of anilines is 1. The fourth-order valence-corrected chi connectivity index (χ4v) is 2.43. The predicted molar refractivity (Wildman–Crippen MR) is 81.4 cm³/mol. The second-order valence-corrected chi connectivity index (χ2v) is 6.59. The Kier molecular flexibility index (Phi) is 4.68. The van der Waals surface area contributed by atoms with Gasteiger partial charge in [-0.25, -0.2) is 0 Å².